The zero-order valence-electron chi connectivity index (χ0n) is 7.79. The first-order chi connectivity index (χ1) is 6.20. The standard InChI is InChI=1S/C12H11O/c1-8-7-10-5-3-4-6-11(10)12(13)9(8)2/h3-7H,1-2H3. The van der Waals surface area contributed by atoms with Crippen LogP contribution in [-0.2, 0) is 5.11 Å². The predicted octanol–water partition coefficient (Wildman–Crippen LogP) is 3.60. The Hall–Kier alpha value is -1.50. The van der Waals surface area contributed by atoms with E-state index in [0.717, 1.165) is 21.9 Å². The lowest BCUT2D eigenvalue weighted by Gasteiger charge is -2.04. The summed E-state index contributed by atoms with van der Waals surface area (Å²) in [6.07, 6.45) is 0. The van der Waals surface area contributed by atoms with E-state index in [4.69, 9.17) is 0 Å². The second-order valence-electron chi connectivity index (χ2n) is 3.37. The lowest BCUT2D eigenvalue weighted by Crippen LogP contribution is -1.82. The van der Waals surface area contributed by atoms with Crippen molar-refractivity contribution in [2.24, 2.45) is 0 Å². The minimum atomic E-state index is 0.163. The molecule has 1 nitrogen and oxygen atoms in total. The van der Waals surface area contributed by atoms with Crippen molar-refractivity contribution in [3.8, 4) is 5.75 Å². The highest BCUT2D eigenvalue weighted by atomic mass is 16.3. The van der Waals surface area contributed by atoms with Gasteiger partial charge in [0, 0.05) is 5.39 Å². The Bertz CT molecular complexity index is 458. The van der Waals surface area contributed by atoms with E-state index in [1.54, 1.807) is 0 Å². The van der Waals surface area contributed by atoms with E-state index in [9.17, 15) is 5.11 Å². The molecule has 0 N–H and O–H groups in total. The number of fused-ring (bicyclic) bond motifs is 1. The van der Waals surface area contributed by atoms with Crippen LogP contribution in [0.25, 0.3) is 10.8 Å². The number of rotatable bonds is 0. The third-order valence-electron chi connectivity index (χ3n) is 2.51. The molecule has 0 atom stereocenters. The Morgan fingerprint density at radius 1 is 1.08 bits per heavy atom. The number of hydrogen-bond acceptors (Lipinski definition) is 0. The Kier molecular flexibility index (Phi) is 1.73. The highest BCUT2D eigenvalue weighted by Gasteiger charge is 2.06. The van der Waals surface area contributed by atoms with Gasteiger partial charge in [0.1, 0.15) is 0 Å². The van der Waals surface area contributed by atoms with Crippen LogP contribution in [-0.4, -0.2) is 0 Å². The molecule has 0 aromatic heterocycles. The van der Waals surface area contributed by atoms with E-state index in [1.807, 2.05) is 38.1 Å². The molecule has 0 aliphatic carbocycles. The van der Waals surface area contributed by atoms with Crippen LogP contribution < -0.4 is 0 Å². The van der Waals surface area contributed by atoms with Crippen molar-refractivity contribution in [2.75, 3.05) is 0 Å². The van der Waals surface area contributed by atoms with Gasteiger partial charge in [0.05, 0.1) is 0 Å². The van der Waals surface area contributed by atoms with Crippen LogP contribution in [0.2, 0.25) is 0 Å². The van der Waals surface area contributed by atoms with Crippen molar-refractivity contribution in [1.82, 2.24) is 0 Å². The Morgan fingerprint density at radius 2 is 1.77 bits per heavy atom. The minimum absolute atomic E-state index is 0.163. The average Bonchev–Trinajstić information content (AvgIpc) is 2.15. The van der Waals surface area contributed by atoms with Gasteiger partial charge in [-0.2, -0.15) is 0 Å². The van der Waals surface area contributed by atoms with Crippen LogP contribution >= 0.6 is 0 Å². The van der Waals surface area contributed by atoms with Gasteiger partial charge in [0.15, 0.2) is 5.75 Å². The van der Waals surface area contributed by atoms with Crippen molar-refractivity contribution < 1.29 is 5.11 Å². The maximum absolute atomic E-state index is 11.7. The van der Waals surface area contributed by atoms with E-state index in [0.29, 0.717) is 0 Å². The lowest BCUT2D eigenvalue weighted by atomic mass is 10.0. The van der Waals surface area contributed by atoms with Crippen LogP contribution in [0.1, 0.15) is 11.1 Å². The van der Waals surface area contributed by atoms with Crippen molar-refractivity contribution in [1.29, 1.82) is 0 Å². The molecule has 0 fully saturated rings. The quantitative estimate of drug-likeness (QED) is 0.577. The molecule has 0 aliphatic heterocycles. The summed E-state index contributed by atoms with van der Waals surface area (Å²) in [5, 5.41) is 13.6. The van der Waals surface area contributed by atoms with Crippen LogP contribution in [0.4, 0.5) is 0 Å². The summed E-state index contributed by atoms with van der Waals surface area (Å²) < 4.78 is 0. The summed E-state index contributed by atoms with van der Waals surface area (Å²) >= 11 is 0. The summed E-state index contributed by atoms with van der Waals surface area (Å²) in [6.45, 7) is 3.85. The SMILES string of the molecule is Cc1cc2ccccc2c([O])c1C. The van der Waals surface area contributed by atoms with E-state index in [2.05, 4.69) is 6.07 Å². The summed E-state index contributed by atoms with van der Waals surface area (Å²) in [6, 6.07) is 9.77. The van der Waals surface area contributed by atoms with Crippen molar-refractivity contribution in [3.05, 3.63) is 41.5 Å². The molecule has 1 radical (unpaired) electrons. The molecule has 0 spiro atoms. The first-order valence-electron chi connectivity index (χ1n) is 4.36. The molecule has 0 unspecified atom stereocenters. The van der Waals surface area contributed by atoms with Gasteiger partial charge < -0.3 is 0 Å². The first-order valence-corrected chi connectivity index (χ1v) is 4.36. The summed E-state index contributed by atoms with van der Waals surface area (Å²) in [4.78, 5) is 0. The topological polar surface area (TPSA) is 19.9 Å². The molecular formula is C12H11O. The van der Waals surface area contributed by atoms with E-state index in [-0.39, 0.29) is 5.75 Å². The molecule has 0 bridgehead atoms. The maximum atomic E-state index is 11.7. The van der Waals surface area contributed by atoms with Crippen molar-refractivity contribution in [3.63, 3.8) is 0 Å². The minimum Gasteiger partial charge on any atom is -0.289 e. The summed E-state index contributed by atoms with van der Waals surface area (Å²) in [5.41, 5.74) is 1.93. The Labute approximate surface area is 77.6 Å². The third-order valence-corrected chi connectivity index (χ3v) is 2.51. The summed E-state index contributed by atoms with van der Waals surface area (Å²) in [7, 11) is 0. The van der Waals surface area contributed by atoms with Crippen LogP contribution in [0.5, 0.6) is 5.75 Å². The second kappa shape index (κ2) is 2.77. The van der Waals surface area contributed by atoms with Gasteiger partial charge in [-0.1, -0.05) is 30.3 Å². The largest absolute Gasteiger partial charge is 0.289 e. The Morgan fingerprint density at radius 3 is 2.54 bits per heavy atom. The highest BCUT2D eigenvalue weighted by Crippen LogP contribution is 2.30. The van der Waals surface area contributed by atoms with E-state index in [1.165, 1.54) is 0 Å². The van der Waals surface area contributed by atoms with Crippen LogP contribution in [0.15, 0.2) is 30.3 Å². The fourth-order valence-corrected chi connectivity index (χ4v) is 1.55. The number of benzene rings is 2. The van der Waals surface area contributed by atoms with Crippen LogP contribution in [0, 0.1) is 13.8 Å². The molecule has 1 heteroatoms. The van der Waals surface area contributed by atoms with Gasteiger partial charge >= 0.3 is 0 Å². The van der Waals surface area contributed by atoms with Crippen LogP contribution in [0.3, 0.4) is 0 Å². The van der Waals surface area contributed by atoms with Gasteiger partial charge in [-0.15, -0.1) is 0 Å². The second-order valence-corrected chi connectivity index (χ2v) is 3.37. The molecule has 65 valence electrons. The maximum Gasteiger partial charge on any atom is 0.189 e. The van der Waals surface area contributed by atoms with Gasteiger partial charge in [0.25, 0.3) is 0 Å². The Balaban J connectivity index is 2.94. The molecule has 2 aromatic carbocycles. The molecule has 13 heavy (non-hydrogen) atoms. The lowest BCUT2D eigenvalue weighted by molar-refractivity contribution is 0.357. The smallest absolute Gasteiger partial charge is 0.189 e. The molecule has 2 aromatic rings. The van der Waals surface area contributed by atoms with Gasteiger partial charge in [-0.25, -0.2) is 0 Å². The van der Waals surface area contributed by atoms with Gasteiger partial charge in [0.2, 0.25) is 0 Å². The van der Waals surface area contributed by atoms with Crippen molar-refractivity contribution >= 4 is 10.8 Å². The molecule has 0 aliphatic rings. The molecule has 0 saturated carbocycles. The third kappa shape index (κ3) is 1.17. The van der Waals surface area contributed by atoms with Crippen molar-refractivity contribution in [2.45, 2.75) is 13.8 Å². The molecule has 0 heterocycles. The molecule has 0 saturated heterocycles. The zero-order chi connectivity index (χ0) is 9.42. The molecular weight excluding hydrogens is 160 g/mol. The molecule has 2 rings (SSSR count). The number of hydrogen-bond donors (Lipinski definition) is 0. The van der Waals surface area contributed by atoms with E-state index >= 15 is 0 Å². The zero-order valence-corrected chi connectivity index (χ0v) is 7.79. The average molecular weight is 171 g/mol. The van der Waals surface area contributed by atoms with Gasteiger partial charge in [-0.05, 0) is 30.4 Å². The summed E-state index contributed by atoms with van der Waals surface area (Å²) in [5.74, 6) is 0.163. The molecule has 0 amide bonds. The van der Waals surface area contributed by atoms with Gasteiger partial charge in [-0.3, -0.25) is 5.11 Å². The first kappa shape index (κ1) is 8.11. The van der Waals surface area contributed by atoms with E-state index < -0.39 is 0 Å². The monoisotopic (exact) mass is 171 g/mol. The predicted molar refractivity (Wildman–Crippen MR) is 53.6 cm³/mol. The fraction of sp³-hybridized carbons (Fsp3) is 0.167. The highest BCUT2D eigenvalue weighted by molar-refractivity contribution is 5.90. The normalized spacial score (nSPS) is 10.6. The number of aryl methyl sites for hydroxylation is 1. The fourth-order valence-electron chi connectivity index (χ4n) is 1.55.